The Morgan fingerprint density at radius 1 is 1.50 bits per heavy atom. The van der Waals surface area contributed by atoms with Crippen LogP contribution in [0.15, 0.2) is 18.5 Å². The van der Waals surface area contributed by atoms with Crippen molar-refractivity contribution < 1.29 is 14.6 Å². The maximum Gasteiger partial charge on any atom is 0.341 e. The van der Waals surface area contributed by atoms with Crippen LogP contribution in [0.1, 0.15) is 35.0 Å². The fraction of sp³-hybridized carbons (Fsp3) is 0.357. The average molecular weight is 273 g/mol. The molecule has 2 heterocycles. The highest BCUT2D eigenvalue weighted by Gasteiger charge is 2.21. The van der Waals surface area contributed by atoms with Crippen molar-refractivity contribution in [1.82, 2.24) is 14.8 Å². The quantitative estimate of drug-likeness (QED) is 0.924. The summed E-state index contributed by atoms with van der Waals surface area (Å²) in [6.07, 6.45) is 6.06. The van der Waals surface area contributed by atoms with Crippen LogP contribution in [-0.2, 0) is 19.4 Å². The Morgan fingerprint density at radius 3 is 3.05 bits per heavy atom. The minimum Gasteiger partial charge on any atom is -0.477 e. The Hall–Kier alpha value is -2.37. The van der Waals surface area contributed by atoms with E-state index in [1.165, 1.54) is 0 Å². The van der Waals surface area contributed by atoms with Gasteiger partial charge in [0.15, 0.2) is 5.75 Å². The molecule has 2 aromatic rings. The molecule has 0 bridgehead atoms. The van der Waals surface area contributed by atoms with Gasteiger partial charge in [-0.1, -0.05) is 0 Å². The highest BCUT2D eigenvalue weighted by Crippen LogP contribution is 2.29. The molecule has 0 radical (unpaired) electrons. The van der Waals surface area contributed by atoms with Gasteiger partial charge >= 0.3 is 5.97 Å². The number of carboxylic acid groups (broad SMARTS) is 1. The first-order valence-corrected chi connectivity index (χ1v) is 6.63. The molecule has 20 heavy (non-hydrogen) atoms. The molecule has 0 saturated carbocycles. The molecule has 1 N–H and O–H groups in total. The van der Waals surface area contributed by atoms with Gasteiger partial charge < -0.3 is 9.84 Å². The summed E-state index contributed by atoms with van der Waals surface area (Å²) in [5.41, 5.74) is 2.06. The molecule has 0 atom stereocenters. The van der Waals surface area contributed by atoms with Crippen LogP contribution in [-0.4, -0.2) is 25.8 Å². The molecule has 0 unspecified atom stereocenters. The van der Waals surface area contributed by atoms with Crippen molar-refractivity contribution in [3.63, 3.8) is 0 Å². The normalized spacial score (nSPS) is 13.2. The van der Waals surface area contributed by atoms with Crippen LogP contribution < -0.4 is 4.74 Å². The summed E-state index contributed by atoms with van der Waals surface area (Å²) in [7, 11) is 0. The fourth-order valence-corrected chi connectivity index (χ4v) is 2.37. The lowest BCUT2D eigenvalue weighted by molar-refractivity contribution is 0.0693. The molecule has 1 aliphatic rings. The second kappa shape index (κ2) is 4.96. The number of aromatic carboxylic acids is 1. The third-order valence-electron chi connectivity index (χ3n) is 3.39. The Morgan fingerprint density at radius 2 is 2.35 bits per heavy atom. The minimum absolute atomic E-state index is 0.106. The standard InChI is InChI=1S/C14H15N3O3/c1-2-17-8-10(7-15-17)20-13-11(14(18)19)6-9-4-3-5-12(9)16-13/h6-8H,2-5H2,1H3,(H,18,19). The first kappa shape index (κ1) is 12.7. The number of hydrogen-bond donors (Lipinski definition) is 1. The number of hydrogen-bond acceptors (Lipinski definition) is 4. The van der Waals surface area contributed by atoms with Gasteiger partial charge in [-0.25, -0.2) is 9.78 Å². The summed E-state index contributed by atoms with van der Waals surface area (Å²) in [4.78, 5) is 15.7. The van der Waals surface area contributed by atoms with E-state index in [1.807, 2.05) is 6.92 Å². The molecule has 0 amide bonds. The average Bonchev–Trinajstić information content (AvgIpc) is 3.05. The van der Waals surface area contributed by atoms with Crippen LogP contribution >= 0.6 is 0 Å². The number of carboxylic acids is 1. The van der Waals surface area contributed by atoms with Crippen LogP contribution in [0.3, 0.4) is 0 Å². The van der Waals surface area contributed by atoms with Crippen LogP contribution in [0.5, 0.6) is 11.6 Å². The third-order valence-corrected chi connectivity index (χ3v) is 3.39. The van der Waals surface area contributed by atoms with E-state index in [0.29, 0.717) is 5.75 Å². The Kier molecular flexibility index (Phi) is 3.14. The van der Waals surface area contributed by atoms with Gasteiger partial charge in [0.25, 0.3) is 0 Å². The molecule has 0 spiro atoms. The lowest BCUT2D eigenvalue weighted by Gasteiger charge is -2.08. The van der Waals surface area contributed by atoms with Crippen LogP contribution in [0, 0.1) is 0 Å². The Bertz CT molecular complexity index is 664. The third kappa shape index (κ3) is 2.24. The zero-order valence-electron chi connectivity index (χ0n) is 11.2. The van der Waals surface area contributed by atoms with Gasteiger partial charge in [0, 0.05) is 12.2 Å². The van der Waals surface area contributed by atoms with E-state index < -0.39 is 5.97 Å². The van der Waals surface area contributed by atoms with Gasteiger partial charge in [0.2, 0.25) is 5.88 Å². The van der Waals surface area contributed by atoms with E-state index in [1.54, 1.807) is 23.1 Å². The van der Waals surface area contributed by atoms with Gasteiger partial charge in [0.05, 0.1) is 12.4 Å². The van der Waals surface area contributed by atoms with Gasteiger partial charge in [-0.15, -0.1) is 0 Å². The highest BCUT2D eigenvalue weighted by molar-refractivity contribution is 5.90. The van der Waals surface area contributed by atoms with Crippen LogP contribution in [0.4, 0.5) is 0 Å². The van der Waals surface area contributed by atoms with Crippen molar-refractivity contribution >= 4 is 5.97 Å². The number of nitrogens with zero attached hydrogens (tertiary/aromatic N) is 3. The fourth-order valence-electron chi connectivity index (χ4n) is 2.37. The molecular weight excluding hydrogens is 258 g/mol. The molecule has 6 heteroatoms. The topological polar surface area (TPSA) is 77.2 Å². The number of aryl methyl sites for hydroxylation is 3. The van der Waals surface area contributed by atoms with Crippen LogP contribution in [0.25, 0.3) is 0 Å². The molecule has 1 aliphatic carbocycles. The summed E-state index contributed by atoms with van der Waals surface area (Å²) in [5, 5.41) is 13.4. The maximum absolute atomic E-state index is 11.3. The number of aromatic nitrogens is 3. The molecule has 6 nitrogen and oxygen atoms in total. The first-order valence-electron chi connectivity index (χ1n) is 6.63. The van der Waals surface area contributed by atoms with Crippen molar-refractivity contribution in [3.8, 4) is 11.6 Å². The summed E-state index contributed by atoms with van der Waals surface area (Å²) in [5.74, 6) is -0.376. The van der Waals surface area contributed by atoms with Crippen molar-refractivity contribution in [2.24, 2.45) is 0 Å². The number of fused-ring (bicyclic) bond motifs is 1. The zero-order chi connectivity index (χ0) is 14.1. The second-order valence-electron chi connectivity index (χ2n) is 4.74. The first-order chi connectivity index (χ1) is 9.67. The Labute approximate surface area is 116 Å². The van der Waals surface area contributed by atoms with Crippen molar-refractivity contribution in [2.45, 2.75) is 32.7 Å². The minimum atomic E-state index is -1.02. The summed E-state index contributed by atoms with van der Waals surface area (Å²) >= 11 is 0. The number of carbonyl (C=O) groups is 1. The van der Waals surface area contributed by atoms with E-state index in [2.05, 4.69) is 10.1 Å². The lowest BCUT2D eigenvalue weighted by Crippen LogP contribution is -2.04. The molecule has 2 aromatic heterocycles. The van der Waals surface area contributed by atoms with E-state index in [9.17, 15) is 9.90 Å². The van der Waals surface area contributed by atoms with Gasteiger partial charge in [-0.05, 0) is 37.8 Å². The molecule has 0 fully saturated rings. The number of ether oxygens (including phenoxy) is 1. The molecule has 0 aliphatic heterocycles. The summed E-state index contributed by atoms with van der Waals surface area (Å²) in [6.45, 7) is 2.69. The zero-order valence-corrected chi connectivity index (χ0v) is 11.2. The SMILES string of the molecule is CCn1cc(Oc2nc3c(cc2C(=O)O)CCC3)cn1. The largest absolute Gasteiger partial charge is 0.477 e. The van der Waals surface area contributed by atoms with Crippen LogP contribution in [0.2, 0.25) is 0 Å². The maximum atomic E-state index is 11.3. The summed E-state index contributed by atoms with van der Waals surface area (Å²) < 4.78 is 7.31. The van der Waals surface area contributed by atoms with Crippen molar-refractivity contribution in [1.29, 1.82) is 0 Å². The smallest absolute Gasteiger partial charge is 0.341 e. The Balaban J connectivity index is 1.97. The predicted octanol–water partition coefficient (Wildman–Crippen LogP) is 2.28. The van der Waals surface area contributed by atoms with Crippen molar-refractivity contribution in [3.05, 3.63) is 35.3 Å². The molecule has 104 valence electrons. The molecule has 3 rings (SSSR count). The van der Waals surface area contributed by atoms with Gasteiger partial charge in [-0.3, -0.25) is 4.68 Å². The van der Waals surface area contributed by atoms with E-state index >= 15 is 0 Å². The van der Waals surface area contributed by atoms with E-state index in [4.69, 9.17) is 4.74 Å². The molecular formula is C14H15N3O3. The number of rotatable bonds is 4. The molecule has 0 saturated heterocycles. The predicted molar refractivity (Wildman–Crippen MR) is 71.2 cm³/mol. The highest BCUT2D eigenvalue weighted by atomic mass is 16.5. The summed E-state index contributed by atoms with van der Waals surface area (Å²) in [6, 6.07) is 1.68. The lowest BCUT2D eigenvalue weighted by atomic mass is 10.1. The molecule has 0 aromatic carbocycles. The van der Waals surface area contributed by atoms with E-state index in [0.717, 1.165) is 37.1 Å². The van der Waals surface area contributed by atoms with E-state index in [-0.39, 0.29) is 11.4 Å². The van der Waals surface area contributed by atoms with Gasteiger partial charge in [0.1, 0.15) is 5.56 Å². The second-order valence-corrected chi connectivity index (χ2v) is 4.74. The monoisotopic (exact) mass is 273 g/mol. The number of pyridine rings is 1. The van der Waals surface area contributed by atoms with Crippen molar-refractivity contribution in [2.75, 3.05) is 0 Å². The van der Waals surface area contributed by atoms with Gasteiger partial charge in [-0.2, -0.15) is 5.10 Å².